The van der Waals surface area contributed by atoms with Crippen LogP contribution in [0, 0.1) is 0 Å². The van der Waals surface area contributed by atoms with Crippen molar-refractivity contribution in [2.75, 3.05) is 20.8 Å². The van der Waals surface area contributed by atoms with Crippen LogP contribution in [-0.2, 0) is 9.53 Å². The lowest BCUT2D eigenvalue weighted by atomic mass is 10.1. The molecule has 0 saturated heterocycles. The van der Waals surface area contributed by atoms with Crippen molar-refractivity contribution >= 4 is 11.9 Å². The van der Waals surface area contributed by atoms with Gasteiger partial charge in [0, 0.05) is 5.56 Å². The minimum atomic E-state index is -4.83. The van der Waals surface area contributed by atoms with Crippen molar-refractivity contribution in [2.24, 2.45) is 0 Å². The summed E-state index contributed by atoms with van der Waals surface area (Å²) in [6.07, 6.45) is -4.83. The molecule has 0 spiro atoms. The summed E-state index contributed by atoms with van der Waals surface area (Å²) < 4.78 is 55.5. The number of ether oxygens (including phenoxy) is 4. The first kappa shape index (κ1) is 22.9. The largest absolute Gasteiger partial charge is 0.573 e. The fraction of sp³-hybridized carbons (Fsp3) is 0.300. The SMILES string of the molecule is COc1ccc(OC)c(C(C)NC(=O)COC(=O)c2ccc(OC(F)(F)F)cc2)c1. The molecule has 0 aromatic heterocycles. The van der Waals surface area contributed by atoms with Crippen molar-refractivity contribution in [3.8, 4) is 17.2 Å². The van der Waals surface area contributed by atoms with Crippen molar-refractivity contribution in [2.45, 2.75) is 19.3 Å². The second-order valence-electron chi connectivity index (χ2n) is 6.05. The number of halogens is 3. The first-order valence-corrected chi connectivity index (χ1v) is 8.67. The van der Waals surface area contributed by atoms with Gasteiger partial charge in [-0.3, -0.25) is 4.79 Å². The number of hydrogen-bond acceptors (Lipinski definition) is 6. The summed E-state index contributed by atoms with van der Waals surface area (Å²) in [5.41, 5.74) is 0.636. The van der Waals surface area contributed by atoms with Gasteiger partial charge in [0.2, 0.25) is 0 Å². The molecule has 0 aliphatic rings. The van der Waals surface area contributed by atoms with E-state index in [2.05, 4.69) is 10.1 Å². The highest BCUT2D eigenvalue weighted by Gasteiger charge is 2.31. The van der Waals surface area contributed by atoms with Gasteiger partial charge in [-0.25, -0.2) is 4.79 Å². The smallest absolute Gasteiger partial charge is 0.497 e. The molecule has 0 heterocycles. The van der Waals surface area contributed by atoms with E-state index in [0.717, 1.165) is 24.3 Å². The Kier molecular flexibility index (Phi) is 7.51. The van der Waals surface area contributed by atoms with Gasteiger partial charge >= 0.3 is 12.3 Å². The first-order valence-electron chi connectivity index (χ1n) is 8.67. The van der Waals surface area contributed by atoms with Crippen molar-refractivity contribution in [3.63, 3.8) is 0 Å². The predicted octanol–water partition coefficient (Wildman–Crippen LogP) is 3.64. The lowest BCUT2D eigenvalue weighted by molar-refractivity contribution is -0.274. The van der Waals surface area contributed by atoms with Crippen LogP contribution in [0.1, 0.15) is 28.9 Å². The summed E-state index contributed by atoms with van der Waals surface area (Å²) >= 11 is 0. The van der Waals surface area contributed by atoms with Gasteiger partial charge in [-0.05, 0) is 49.4 Å². The van der Waals surface area contributed by atoms with Gasteiger partial charge in [0.1, 0.15) is 17.2 Å². The number of nitrogens with one attached hydrogen (secondary N) is 1. The zero-order valence-corrected chi connectivity index (χ0v) is 16.4. The molecule has 1 N–H and O–H groups in total. The van der Waals surface area contributed by atoms with Crippen LogP contribution < -0.4 is 19.5 Å². The molecule has 2 rings (SSSR count). The number of methoxy groups -OCH3 is 2. The van der Waals surface area contributed by atoms with Crippen LogP contribution in [-0.4, -0.2) is 39.1 Å². The molecule has 30 heavy (non-hydrogen) atoms. The fourth-order valence-electron chi connectivity index (χ4n) is 2.55. The third kappa shape index (κ3) is 6.57. The number of amides is 1. The normalized spacial score (nSPS) is 11.9. The molecule has 1 unspecified atom stereocenters. The average molecular weight is 427 g/mol. The Morgan fingerprint density at radius 2 is 1.63 bits per heavy atom. The van der Waals surface area contributed by atoms with E-state index in [0.29, 0.717) is 17.1 Å². The predicted molar refractivity (Wildman–Crippen MR) is 99.5 cm³/mol. The zero-order chi connectivity index (χ0) is 22.3. The Balaban J connectivity index is 1.92. The zero-order valence-electron chi connectivity index (χ0n) is 16.4. The Labute approximate surface area is 170 Å². The summed E-state index contributed by atoms with van der Waals surface area (Å²) in [7, 11) is 3.00. The second kappa shape index (κ2) is 9.86. The lowest BCUT2D eigenvalue weighted by Crippen LogP contribution is -2.31. The molecular formula is C20H20F3NO6. The first-order chi connectivity index (χ1) is 14.1. The number of benzene rings is 2. The highest BCUT2D eigenvalue weighted by molar-refractivity contribution is 5.91. The van der Waals surface area contributed by atoms with E-state index in [1.54, 1.807) is 25.1 Å². The van der Waals surface area contributed by atoms with Gasteiger partial charge in [-0.2, -0.15) is 0 Å². The van der Waals surface area contributed by atoms with E-state index in [-0.39, 0.29) is 5.56 Å². The summed E-state index contributed by atoms with van der Waals surface area (Å²) in [4.78, 5) is 24.1. The summed E-state index contributed by atoms with van der Waals surface area (Å²) in [5, 5.41) is 2.67. The quantitative estimate of drug-likeness (QED) is 0.648. The van der Waals surface area contributed by atoms with Crippen LogP contribution in [0.4, 0.5) is 13.2 Å². The van der Waals surface area contributed by atoms with E-state index in [9.17, 15) is 22.8 Å². The van der Waals surface area contributed by atoms with Crippen LogP contribution in [0.3, 0.4) is 0 Å². The van der Waals surface area contributed by atoms with Gasteiger partial charge in [0.25, 0.3) is 5.91 Å². The second-order valence-corrected chi connectivity index (χ2v) is 6.05. The minimum absolute atomic E-state index is 0.0279. The molecule has 10 heteroatoms. The minimum Gasteiger partial charge on any atom is -0.497 e. The number of esters is 1. The molecule has 0 aliphatic heterocycles. The molecule has 162 valence electrons. The topological polar surface area (TPSA) is 83.1 Å². The van der Waals surface area contributed by atoms with Crippen LogP contribution in [0.2, 0.25) is 0 Å². The molecule has 0 saturated carbocycles. The van der Waals surface area contributed by atoms with E-state index in [1.165, 1.54) is 14.2 Å². The highest BCUT2D eigenvalue weighted by atomic mass is 19.4. The van der Waals surface area contributed by atoms with E-state index in [4.69, 9.17) is 14.2 Å². The molecule has 2 aromatic carbocycles. The molecule has 0 radical (unpaired) electrons. The maximum absolute atomic E-state index is 12.2. The molecule has 7 nitrogen and oxygen atoms in total. The molecule has 2 aromatic rings. The molecule has 0 fully saturated rings. The number of hydrogen-bond donors (Lipinski definition) is 1. The highest BCUT2D eigenvalue weighted by Crippen LogP contribution is 2.29. The third-order valence-corrected chi connectivity index (χ3v) is 3.94. The summed E-state index contributed by atoms with van der Waals surface area (Å²) in [6.45, 7) is 1.15. The number of rotatable bonds is 8. The Hall–Kier alpha value is -3.43. The maximum atomic E-state index is 12.2. The molecular weight excluding hydrogens is 407 g/mol. The van der Waals surface area contributed by atoms with Gasteiger partial charge in [0.15, 0.2) is 6.61 Å². The van der Waals surface area contributed by atoms with E-state index < -0.39 is 36.6 Å². The van der Waals surface area contributed by atoms with Crippen LogP contribution in [0.25, 0.3) is 0 Å². The summed E-state index contributed by atoms with van der Waals surface area (Å²) in [6, 6.07) is 8.80. The number of carbonyl (C=O) groups excluding carboxylic acids is 2. The molecule has 1 atom stereocenters. The number of carbonyl (C=O) groups is 2. The number of alkyl halides is 3. The summed E-state index contributed by atoms with van der Waals surface area (Å²) in [5.74, 6) is -0.788. The van der Waals surface area contributed by atoms with Crippen molar-refractivity contribution in [1.82, 2.24) is 5.32 Å². The molecule has 1 amide bonds. The van der Waals surface area contributed by atoms with Gasteiger partial charge in [-0.1, -0.05) is 0 Å². The van der Waals surface area contributed by atoms with E-state index in [1.807, 2.05) is 0 Å². The van der Waals surface area contributed by atoms with E-state index >= 15 is 0 Å². The Bertz CT molecular complexity index is 883. The Morgan fingerprint density at radius 1 is 1.00 bits per heavy atom. The molecule has 0 aliphatic carbocycles. The van der Waals surface area contributed by atoms with Crippen LogP contribution in [0.15, 0.2) is 42.5 Å². The van der Waals surface area contributed by atoms with Crippen LogP contribution >= 0.6 is 0 Å². The van der Waals surface area contributed by atoms with Crippen molar-refractivity contribution in [1.29, 1.82) is 0 Å². The standard InChI is InChI=1S/C20H20F3NO6/c1-12(16-10-15(27-2)8-9-17(16)28-3)24-18(25)11-29-19(26)13-4-6-14(7-5-13)30-20(21,22)23/h4-10,12H,11H2,1-3H3,(H,24,25). The lowest BCUT2D eigenvalue weighted by Gasteiger charge is -2.18. The fourth-order valence-corrected chi connectivity index (χ4v) is 2.55. The average Bonchev–Trinajstić information content (AvgIpc) is 2.70. The van der Waals surface area contributed by atoms with Gasteiger partial charge < -0.3 is 24.3 Å². The van der Waals surface area contributed by atoms with Gasteiger partial charge in [0.05, 0.1) is 25.8 Å². The van der Waals surface area contributed by atoms with Crippen LogP contribution in [0.5, 0.6) is 17.2 Å². The van der Waals surface area contributed by atoms with Crippen molar-refractivity contribution < 1.29 is 41.7 Å². The third-order valence-electron chi connectivity index (χ3n) is 3.94. The maximum Gasteiger partial charge on any atom is 0.573 e. The Morgan fingerprint density at radius 3 is 2.20 bits per heavy atom. The van der Waals surface area contributed by atoms with Gasteiger partial charge in [-0.15, -0.1) is 13.2 Å². The van der Waals surface area contributed by atoms with Crippen molar-refractivity contribution in [3.05, 3.63) is 53.6 Å². The monoisotopic (exact) mass is 427 g/mol. The molecule has 0 bridgehead atoms.